The molecule has 3 aromatic rings. The van der Waals surface area contributed by atoms with E-state index in [-0.39, 0.29) is 15.9 Å². The number of ether oxygens (including phenoxy) is 1. The van der Waals surface area contributed by atoms with Crippen LogP contribution in [0.15, 0.2) is 35.0 Å². The quantitative estimate of drug-likeness (QED) is 0.412. The van der Waals surface area contributed by atoms with Crippen LogP contribution in [-0.2, 0) is 14.6 Å². The van der Waals surface area contributed by atoms with Crippen molar-refractivity contribution < 1.29 is 17.9 Å². The first-order valence-electron chi connectivity index (χ1n) is 9.05. The highest BCUT2D eigenvalue weighted by Crippen LogP contribution is 2.30. The minimum atomic E-state index is -3.60. The van der Waals surface area contributed by atoms with Crippen LogP contribution in [0.25, 0.3) is 11.8 Å². The fourth-order valence-corrected chi connectivity index (χ4v) is 4.70. The number of nitrogens with zero attached hydrogens (tertiary/aromatic N) is 4. The molecule has 0 bridgehead atoms. The fourth-order valence-electron chi connectivity index (χ4n) is 3.01. The number of nitrogens with one attached hydrogen (secondary N) is 1. The Morgan fingerprint density at radius 3 is 2.62 bits per heavy atom. The average Bonchev–Trinajstić information content (AvgIpc) is 3.30. The molecule has 3 rings (SSSR count). The molecule has 2 aromatic heterocycles. The number of hydrogen-bond donors (Lipinski definition) is 1. The summed E-state index contributed by atoms with van der Waals surface area (Å²) < 4.78 is 33.8. The molecule has 0 unspecified atom stereocenters. The highest BCUT2D eigenvalue weighted by atomic mass is 35.5. The Morgan fingerprint density at radius 1 is 1.34 bits per heavy atom. The number of rotatable bonds is 6. The van der Waals surface area contributed by atoms with E-state index in [1.165, 1.54) is 13.2 Å². The van der Waals surface area contributed by atoms with E-state index < -0.39 is 15.7 Å². The first kappa shape index (κ1) is 23.5. The van der Waals surface area contributed by atoms with Gasteiger partial charge in [-0.2, -0.15) is 14.6 Å². The number of halogens is 1. The smallest absolute Gasteiger partial charge is 0.268 e. The lowest BCUT2D eigenvalue weighted by atomic mass is 10.1. The Balaban J connectivity index is 1.92. The zero-order valence-corrected chi connectivity index (χ0v) is 19.9. The van der Waals surface area contributed by atoms with Crippen LogP contribution in [0.4, 0.5) is 5.13 Å². The highest BCUT2D eigenvalue weighted by molar-refractivity contribution is 7.90. The number of aromatic nitrogens is 3. The lowest BCUT2D eigenvalue weighted by Gasteiger charge is -2.12. The zero-order valence-electron chi connectivity index (χ0n) is 17.5. The number of benzene rings is 1. The molecule has 0 saturated heterocycles. The van der Waals surface area contributed by atoms with E-state index in [0.717, 1.165) is 23.3 Å². The summed E-state index contributed by atoms with van der Waals surface area (Å²) in [6, 6.07) is 9.08. The number of anilines is 1. The number of hydrogen-bond acceptors (Lipinski definition) is 8. The van der Waals surface area contributed by atoms with Crippen molar-refractivity contribution in [1.82, 2.24) is 13.9 Å². The third-order valence-electron chi connectivity index (χ3n) is 4.49. The normalized spacial score (nSPS) is 11.8. The molecule has 12 heteroatoms. The van der Waals surface area contributed by atoms with E-state index in [4.69, 9.17) is 16.3 Å². The number of sulfone groups is 1. The van der Waals surface area contributed by atoms with Crippen molar-refractivity contribution in [3.8, 4) is 17.5 Å². The van der Waals surface area contributed by atoms with E-state index in [1.807, 2.05) is 36.6 Å². The molecular formula is C20H18ClN5O4S2. The minimum Gasteiger partial charge on any atom is -0.495 e. The number of amides is 1. The molecule has 0 radical (unpaired) electrons. The Morgan fingerprint density at radius 2 is 2.06 bits per heavy atom. The Hall–Kier alpha value is -3.20. The van der Waals surface area contributed by atoms with E-state index in [2.05, 4.69) is 14.7 Å². The average molecular weight is 492 g/mol. The Labute approximate surface area is 194 Å². The lowest BCUT2D eigenvalue weighted by Crippen LogP contribution is -2.13. The van der Waals surface area contributed by atoms with Gasteiger partial charge in [-0.15, -0.1) is 0 Å². The Kier molecular flexibility index (Phi) is 6.68. The standard InChI is InChI=1S/C20H18ClN5O4S2/c1-11-7-13(12(2)26(11)15-5-6-17(30-3)16(21)9-15)8-14(10-22)18(27)23-19-24-20(25-31-19)32(4,28)29/h5-9H,1-4H3,(H,23,24,25,27)/b14-8-. The second-order valence-corrected chi connectivity index (χ2v) is 9.83. The first-order valence-corrected chi connectivity index (χ1v) is 12.1. The van der Waals surface area contributed by atoms with Crippen LogP contribution in [0, 0.1) is 25.2 Å². The minimum absolute atomic E-state index is 0.0186. The molecule has 0 atom stereocenters. The maximum absolute atomic E-state index is 12.5. The molecule has 9 nitrogen and oxygen atoms in total. The van der Waals surface area contributed by atoms with Gasteiger partial charge in [-0.1, -0.05) is 11.6 Å². The van der Waals surface area contributed by atoms with Gasteiger partial charge >= 0.3 is 0 Å². The summed E-state index contributed by atoms with van der Waals surface area (Å²) in [5.74, 6) is -0.168. The second-order valence-electron chi connectivity index (χ2n) is 6.76. The van der Waals surface area contributed by atoms with E-state index in [9.17, 15) is 18.5 Å². The summed E-state index contributed by atoms with van der Waals surface area (Å²) in [5, 5.41) is 12.0. The van der Waals surface area contributed by atoms with Crippen LogP contribution in [0.3, 0.4) is 0 Å². The van der Waals surface area contributed by atoms with Crippen molar-refractivity contribution in [1.29, 1.82) is 5.26 Å². The molecule has 0 aliphatic rings. The summed E-state index contributed by atoms with van der Waals surface area (Å²) in [5.41, 5.74) is 2.95. The number of carbonyl (C=O) groups excluding carboxylic acids is 1. The predicted octanol–water partition coefficient (Wildman–Crippen LogP) is 3.56. The highest BCUT2D eigenvalue weighted by Gasteiger charge is 2.18. The SMILES string of the molecule is COc1ccc(-n2c(C)cc(/C=C(/C#N)C(=O)Nc3nc(S(C)(=O)=O)ns3)c2C)cc1Cl. The van der Waals surface area contributed by atoms with Crippen LogP contribution in [0.2, 0.25) is 5.02 Å². The number of nitriles is 1. The molecule has 0 aliphatic heterocycles. The molecular weight excluding hydrogens is 474 g/mol. The van der Waals surface area contributed by atoms with Crippen molar-refractivity contribution in [3.63, 3.8) is 0 Å². The number of carbonyl (C=O) groups is 1. The van der Waals surface area contributed by atoms with Crippen molar-refractivity contribution in [2.45, 2.75) is 19.0 Å². The van der Waals surface area contributed by atoms with Crippen LogP contribution < -0.4 is 10.1 Å². The maximum Gasteiger partial charge on any atom is 0.268 e. The molecule has 0 fully saturated rings. The maximum atomic E-state index is 12.5. The third kappa shape index (κ3) is 4.83. The van der Waals surface area contributed by atoms with Gasteiger partial charge in [0, 0.05) is 34.9 Å². The molecule has 1 amide bonds. The largest absolute Gasteiger partial charge is 0.495 e. The summed E-state index contributed by atoms with van der Waals surface area (Å²) in [6.07, 6.45) is 2.42. The van der Waals surface area contributed by atoms with Gasteiger partial charge < -0.3 is 9.30 Å². The molecule has 0 aliphatic carbocycles. The third-order valence-corrected chi connectivity index (χ3v) is 6.38. The zero-order chi connectivity index (χ0) is 23.6. The first-order chi connectivity index (χ1) is 15.0. The second kappa shape index (κ2) is 9.12. The fraction of sp³-hybridized carbons (Fsp3) is 0.200. The van der Waals surface area contributed by atoms with Crippen LogP contribution in [-0.4, -0.2) is 41.6 Å². The summed E-state index contributed by atoms with van der Waals surface area (Å²) in [4.78, 5) is 16.3. The van der Waals surface area contributed by atoms with Gasteiger partial charge in [0.15, 0.2) is 0 Å². The molecule has 32 heavy (non-hydrogen) atoms. The van der Waals surface area contributed by atoms with E-state index >= 15 is 0 Å². The van der Waals surface area contributed by atoms with Crippen LogP contribution >= 0.6 is 23.1 Å². The van der Waals surface area contributed by atoms with Gasteiger partial charge in [0.25, 0.3) is 11.1 Å². The molecule has 0 spiro atoms. The van der Waals surface area contributed by atoms with Crippen molar-refractivity contribution >= 4 is 50.1 Å². The summed E-state index contributed by atoms with van der Waals surface area (Å²) in [6.45, 7) is 3.75. The topological polar surface area (TPSA) is 127 Å². The van der Waals surface area contributed by atoms with Gasteiger partial charge in [0.2, 0.25) is 15.0 Å². The van der Waals surface area contributed by atoms with Crippen molar-refractivity contribution in [3.05, 3.63) is 51.8 Å². The van der Waals surface area contributed by atoms with Crippen molar-refractivity contribution in [2.24, 2.45) is 0 Å². The predicted molar refractivity (Wildman–Crippen MR) is 122 cm³/mol. The van der Waals surface area contributed by atoms with E-state index in [1.54, 1.807) is 12.1 Å². The van der Waals surface area contributed by atoms with Crippen molar-refractivity contribution in [2.75, 3.05) is 18.7 Å². The number of aryl methyl sites for hydroxylation is 1. The molecule has 166 valence electrons. The number of methoxy groups -OCH3 is 1. The monoisotopic (exact) mass is 491 g/mol. The molecule has 0 saturated carbocycles. The molecule has 1 aromatic carbocycles. The van der Waals surface area contributed by atoms with Crippen LogP contribution in [0.1, 0.15) is 17.0 Å². The van der Waals surface area contributed by atoms with Gasteiger partial charge in [0.1, 0.15) is 17.4 Å². The van der Waals surface area contributed by atoms with E-state index in [0.29, 0.717) is 27.9 Å². The Bertz CT molecular complexity index is 1380. The van der Waals surface area contributed by atoms with Crippen LogP contribution in [0.5, 0.6) is 5.75 Å². The van der Waals surface area contributed by atoms with Gasteiger partial charge in [-0.25, -0.2) is 8.42 Å². The van der Waals surface area contributed by atoms with Gasteiger partial charge in [0.05, 0.1) is 12.1 Å². The molecule has 2 heterocycles. The van der Waals surface area contributed by atoms with Gasteiger partial charge in [-0.3, -0.25) is 10.1 Å². The summed E-state index contributed by atoms with van der Waals surface area (Å²) >= 11 is 6.97. The summed E-state index contributed by atoms with van der Waals surface area (Å²) in [7, 11) is -2.06. The molecule has 1 N–H and O–H groups in total. The van der Waals surface area contributed by atoms with Gasteiger partial charge in [-0.05, 0) is 49.8 Å². The lowest BCUT2D eigenvalue weighted by molar-refractivity contribution is -0.112.